The van der Waals surface area contributed by atoms with Crippen LogP contribution in [0.1, 0.15) is 48.4 Å². The van der Waals surface area contributed by atoms with E-state index in [4.69, 9.17) is 5.26 Å². The van der Waals surface area contributed by atoms with Crippen molar-refractivity contribution in [1.82, 2.24) is 19.9 Å². The molecule has 12 heteroatoms. The molecule has 3 heterocycles. The molecule has 1 amide bonds. The van der Waals surface area contributed by atoms with Gasteiger partial charge < -0.3 is 15.3 Å². The SMILES string of the molecule is Cc1cc(Nc2nccc(C(F)(F)F)n2)cc(-c2cnc([C@]3(O)CC[C@H](C(=O)N4CCC(C#N)C4)CC3)s2)c1. The minimum absolute atomic E-state index is 0.0687. The first kappa shape index (κ1) is 27.0. The first-order valence-electron chi connectivity index (χ1n) is 12.7. The van der Waals surface area contributed by atoms with E-state index in [1.165, 1.54) is 11.3 Å². The lowest BCUT2D eigenvalue weighted by Crippen LogP contribution is -2.39. The second kappa shape index (κ2) is 10.5. The van der Waals surface area contributed by atoms with Crippen molar-refractivity contribution in [2.75, 3.05) is 18.4 Å². The van der Waals surface area contributed by atoms with Crippen molar-refractivity contribution < 1.29 is 23.1 Å². The smallest absolute Gasteiger partial charge is 0.383 e. The molecule has 2 aromatic heterocycles. The van der Waals surface area contributed by atoms with Crippen molar-refractivity contribution in [1.29, 1.82) is 5.26 Å². The van der Waals surface area contributed by atoms with Crippen molar-refractivity contribution in [2.45, 2.75) is 50.8 Å². The van der Waals surface area contributed by atoms with E-state index in [1.807, 2.05) is 13.0 Å². The minimum Gasteiger partial charge on any atom is -0.383 e. The Kier molecular flexibility index (Phi) is 7.31. The number of benzene rings is 1. The van der Waals surface area contributed by atoms with Crippen LogP contribution < -0.4 is 5.32 Å². The molecule has 1 aromatic carbocycles. The van der Waals surface area contributed by atoms with Crippen LogP contribution in [0.3, 0.4) is 0 Å². The highest BCUT2D eigenvalue weighted by molar-refractivity contribution is 7.15. The zero-order valence-electron chi connectivity index (χ0n) is 21.2. The molecule has 1 aliphatic carbocycles. The van der Waals surface area contributed by atoms with Gasteiger partial charge in [0.15, 0.2) is 0 Å². The van der Waals surface area contributed by atoms with Gasteiger partial charge in [0.25, 0.3) is 0 Å². The Labute approximate surface area is 227 Å². The van der Waals surface area contributed by atoms with Crippen molar-refractivity contribution in [3.8, 4) is 16.5 Å². The maximum absolute atomic E-state index is 13.0. The Hall–Kier alpha value is -3.56. The highest BCUT2D eigenvalue weighted by Gasteiger charge is 2.41. The third kappa shape index (κ3) is 5.89. The normalized spacial score (nSPS) is 23.4. The van der Waals surface area contributed by atoms with Gasteiger partial charge in [-0.3, -0.25) is 4.79 Å². The quantitative estimate of drug-likeness (QED) is 0.431. The van der Waals surface area contributed by atoms with E-state index in [-0.39, 0.29) is 23.7 Å². The maximum atomic E-state index is 13.0. The highest BCUT2D eigenvalue weighted by atomic mass is 32.1. The summed E-state index contributed by atoms with van der Waals surface area (Å²) in [6.07, 6.45) is 0.809. The molecule has 0 bridgehead atoms. The fourth-order valence-electron chi connectivity index (χ4n) is 5.21. The van der Waals surface area contributed by atoms with Crippen LogP contribution in [0.4, 0.5) is 24.8 Å². The summed E-state index contributed by atoms with van der Waals surface area (Å²) in [5, 5.41) is 23.9. The first-order chi connectivity index (χ1) is 18.5. The average Bonchev–Trinajstić information content (AvgIpc) is 3.59. The van der Waals surface area contributed by atoms with Crippen molar-refractivity contribution in [2.24, 2.45) is 11.8 Å². The molecule has 0 radical (unpaired) electrons. The number of likely N-dealkylation sites (tertiary alicyclic amines) is 1. The van der Waals surface area contributed by atoms with Crippen LogP contribution in [0.25, 0.3) is 10.4 Å². The molecule has 1 saturated carbocycles. The van der Waals surface area contributed by atoms with Gasteiger partial charge in [-0.1, -0.05) is 6.07 Å². The number of nitrogens with zero attached hydrogens (tertiary/aromatic N) is 5. The van der Waals surface area contributed by atoms with Crippen LogP contribution in [-0.2, 0) is 16.6 Å². The number of hydrogen-bond donors (Lipinski definition) is 2. The van der Waals surface area contributed by atoms with E-state index in [0.29, 0.717) is 55.9 Å². The molecule has 3 aromatic rings. The molecule has 8 nitrogen and oxygen atoms in total. The van der Waals surface area contributed by atoms with Gasteiger partial charge in [0.05, 0.1) is 16.9 Å². The summed E-state index contributed by atoms with van der Waals surface area (Å²) in [5.74, 6) is -0.355. The number of nitrogens with one attached hydrogen (secondary N) is 1. The third-order valence-electron chi connectivity index (χ3n) is 7.31. The van der Waals surface area contributed by atoms with Crippen LogP contribution in [0, 0.1) is 30.1 Å². The van der Waals surface area contributed by atoms with Gasteiger partial charge in [0.2, 0.25) is 11.9 Å². The summed E-state index contributed by atoms with van der Waals surface area (Å²) < 4.78 is 39.1. The van der Waals surface area contributed by atoms with Gasteiger partial charge in [-0.15, -0.1) is 11.3 Å². The Morgan fingerprint density at radius 3 is 2.69 bits per heavy atom. The monoisotopic (exact) mass is 556 g/mol. The average molecular weight is 557 g/mol. The van der Waals surface area contributed by atoms with Crippen LogP contribution in [0.2, 0.25) is 0 Å². The van der Waals surface area contributed by atoms with Crippen LogP contribution in [0.15, 0.2) is 36.7 Å². The molecule has 39 heavy (non-hydrogen) atoms. The second-order valence-electron chi connectivity index (χ2n) is 10.2. The Balaban J connectivity index is 1.28. The zero-order valence-corrected chi connectivity index (χ0v) is 22.0. The number of aryl methyl sites for hydroxylation is 1. The molecule has 0 spiro atoms. The number of nitriles is 1. The number of hydrogen-bond acceptors (Lipinski definition) is 8. The Morgan fingerprint density at radius 1 is 1.23 bits per heavy atom. The number of anilines is 2. The van der Waals surface area contributed by atoms with E-state index in [0.717, 1.165) is 28.3 Å². The van der Waals surface area contributed by atoms with Gasteiger partial charge in [0.1, 0.15) is 16.3 Å². The van der Waals surface area contributed by atoms with Crippen LogP contribution in [0.5, 0.6) is 0 Å². The van der Waals surface area contributed by atoms with Crippen LogP contribution in [-0.4, -0.2) is 44.0 Å². The number of aromatic nitrogens is 3. The predicted molar refractivity (Wildman–Crippen MR) is 139 cm³/mol. The number of carbonyl (C=O) groups excluding carboxylic acids is 1. The molecule has 2 N–H and O–H groups in total. The number of rotatable bonds is 5. The topological polar surface area (TPSA) is 115 Å². The number of aliphatic hydroxyl groups is 1. The third-order valence-corrected chi connectivity index (χ3v) is 8.55. The molecular weight excluding hydrogens is 529 g/mol. The fourth-order valence-corrected chi connectivity index (χ4v) is 6.26. The number of halogens is 3. The van der Waals surface area contributed by atoms with E-state index in [1.54, 1.807) is 23.2 Å². The van der Waals surface area contributed by atoms with Gasteiger partial charge in [-0.25, -0.2) is 15.0 Å². The summed E-state index contributed by atoms with van der Waals surface area (Å²) in [4.78, 5) is 27.5. The van der Waals surface area contributed by atoms with Crippen molar-refractivity contribution >= 4 is 28.9 Å². The molecule has 1 unspecified atom stereocenters. The highest BCUT2D eigenvalue weighted by Crippen LogP contribution is 2.43. The molecule has 1 atom stereocenters. The summed E-state index contributed by atoms with van der Waals surface area (Å²) in [6, 6.07) is 8.54. The Bertz CT molecular complexity index is 1410. The predicted octanol–water partition coefficient (Wildman–Crippen LogP) is 5.42. The Morgan fingerprint density at radius 2 is 2.00 bits per heavy atom. The summed E-state index contributed by atoms with van der Waals surface area (Å²) >= 11 is 1.36. The molecule has 1 saturated heterocycles. The second-order valence-corrected chi connectivity index (χ2v) is 11.2. The number of carbonyl (C=O) groups is 1. The maximum Gasteiger partial charge on any atom is 0.433 e. The summed E-state index contributed by atoms with van der Waals surface area (Å²) in [5.41, 5.74) is 0.0300. The van der Waals surface area contributed by atoms with Crippen molar-refractivity contribution in [3.63, 3.8) is 0 Å². The molecular formula is C27H27F3N6O2S. The molecule has 1 aliphatic heterocycles. The molecule has 204 valence electrons. The minimum atomic E-state index is -4.57. The van der Waals surface area contributed by atoms with Crippen molar-refractivity contribution in [3.05, 3.63) is 52.9 Å². The van der Waals surface area contributed by atoms with Gasteiger partial charge in [-0.2, -0.15) is 18.4 Å². The standard InChI is InChI=1S/C27H27F3N6O2S/c1-16-10-19(12-20(11-16)34-25-32-8-4-22(35-25)27(28,29)30)21-14-33-24(39-21)26(38)6-2-18(3-7-26)23(37)36-9-5-17(13-31)15-36/h4,8,10-12,14,17-18,38H,2-3,5-7,9,15H2,1H3,(H,32,34,35)/t17?,18-,26-. The van der Waals surface area contributed by atoms with Gasteiger partial charge in [-0.05, 0) is 68.4 Å². The van der Waals surface area contributed by atoms with Gasteiger partial charge >= 0.3 is 6.18 Å². The molecule has 5 rings (SSSR count). The number of thiazole rings is 1. The molecule has 2 fully saturated rings. The number of alkyl halides is 3. The van der Waals surface area contributed by atoms with E-state index in [2.05, 4.69) is 26.3 Å². The lowest BCUT2D eigenvalue weighted by atomic mass is 9.78. The summed E-state index contributed by atoms with van der Waals surface area (Å²) in [7, 11) is 0. The molecule has 2 aliphatic rings. The fraction of sp³-hybridized carbons (Fsp3) is 0.444. The van der Waals surface area contributed by atoms with Gasteiger partial charge in [0, 0.05) is 37.1 Å². The number of amides is 1. The lowest BCUT2D eigenvalue weighted by molar-refractivity contribution is -0.141. The van der Waals surface area contributed by atoms with E-state index < -0.39 is 17.5 Å². The van der Waals surface area contributed by atoms with Crippen LogP contribution >= 0.6 is 11.3 Å². The summed E-state index contributed by atoms with van der Waals surface area (Å²) in [6.45, 7) is 2.97. The lowest BCUT2D eigenvalue weighted by Gasteiger charge is -2.35. The first-order valence-corrected chi connectivity index (χ1v) is 13.5. The largest absolute Gasteiger partial charge is 0.433 e. The van der Waals surface area contributed by atoms with E-state index in [9.17, 15) is 23.1 Å². The van der Waals surface area contributed by atoms with E-state index >= 15 is 0 Å². The zero-order chi connectivity index (χ0) is 27.8.